The molecule has 0 aliphatic rings. The smallest absolute Gasteiger partial charge is 0.259 e. The third-order valence-electron chi connectivity index (χ3n) is 5.59. The van der Waals surface area contributed by atoms with Gasteiger partial charge in [-0.3, -0.25) is 4.79 Å². The van der Waals surface area contributed by atoms with Crippen molar-refractivity contribution >= 4 is 45.1 Å². The van der Waals surface area contributed by atoms with Crippen LogP contribution in [-0.2, 0) is 0 Å². The van der Waals surface area contributed by atoms with Crippen LogP contribution in [0.25, 0.3) is 33.3 Å². The molecule has 0 bridgehead atoms. The number of carbonyl (C=O) groups is 1. The Bertz CT molecular complexity index is 1540. The maximum absolute atomic E-state index is 13.1. The summed E-state index contributed by atoms with van der Waals surface area (Å²) in [6, 6.07) is 20.8. The summed E-state index contributed by atoms with van der Waals surface area (Å²) in [6.45, 7) is 4.00. The van der Waals surface area contributed by atoms with Gasteiger partial charge in [0.2, 0.25) is 5.89 Å². The number of hydrogen-bond acceptors (Lipinski definition) is 4. The predicted molar refractivity (Wildman–Crippen MR) is 132 cm³/mol. The number of fused-ring (bicyclic) bond motifs is 2. The van der Waals surface area contributed by atoms with Crippen molar-refractivity contribution in [3.8, 4) is 17.2 Å². The Kier molecular flexibility index (Phi) is 5.27. The fourth-order valence-corrected chi connectivity index (χ4v) is 4.22. The topological polar surface area (TPSA) is 64.4 Å². The van der Waals surface area contributed by atoms with Gasteiger partial charge in [0.1, 0.15) is 11.3 Å². The van der Waals surface area contributed by atoms with Gasteiger partial charge in [-0.25, -0.2) is 4.98 Å². The average molecular weight is 457 g/mol. The second kappa shape index (κ2) is 8.26. The molecule has 164 valence electrons. The first kappa shape index (κ1) is 21.0. The van der Waals surface area contributed by atoms with E-state index in [9.17, 15) is 4.79 Å². The van der Waals surface area contributed by atoms with Crippen LogP contribution in [0.4, 0.5) is 5.69 Å². The Hall–Kier alpha value is -3.83. The van der Waals surface area contributed by atoms with E-state index in [2.05, 4.69) is 10.3 Å². The molecule has 5 aromatic rings. The number of oxazole rings is 1. The highest BCUT2D eigenvalue weighted by molar-refractivity contribution is 6.33. The first-order valence-corrected chi connectivity index (χ1v) is 10.9. The molecule has 1 N–H and O–H groups in total. The lowest BCUT2D eigenvalue weighted by Gasteiger charge is -2.12. The van der Waals surface area contributed by atoms with Gasteiger partial charge < -0.3 is 14.5 Å². The third-order valence-corrected chi connectivity index (χ3v) is 5.92. The molecule has 0 unspecified atom stereocenters. The SMILES string of the molecule is COc1cc2ccccc2cc1C(=O)Nc1ccc(Cl)c(-c2nc3cc(C)cc(C)c3o2)c1. The number of nitrogens with zero attached hydrogens (tertiary/aromatic N) is 1. The van der Waals surface area contributed by atoms with Gasteiger partial charge in [-0.05, 0) is 72.1 Å². The highest BCUT2D eigenvalue weighted by atomic mass is 35.5. The Morgan fingerprint density at radius 2 is 1.76 bits per heavy atom. The van der Waals surface area contributed by atoms with Crippen LogP contribution in [0.15, 0.2) is 71.1 Å². The van der Waals surface area contributed by atoms with Crippen LogP contribution in [0, 0.1) is 13.8 Å². The molecule has 0 spiro atoms. The summed E-state index contributed by atoms with van der Waals surface area (Å²) in [5.74, 6) is 0.628. The summed E-state index contributed by atoms with van der Waals surface area (Å²) in [5.41, 5.74) is 5.23. The molecule has 4 aromatic carbocycles. The summed E-state index contributed by atoms with van der Waals surface area (Å²) < 4.78 is 11.5. The van der Waals surface area contributed by atoms with E-state index in [-0.39, 0.29) is 5.91 Å². The van der Waals surface area contributed by atoms with Crippen molar-refractivity contribution < 1.29 is 13.9 Å². The number of nitrogens with one attached hydrogen (secondary N) is 1. The van der Waals surface area contributed by atoms with Crippen LogP contribution in [0.3, 0.4) is 0 Å². The maximum atomic E-state index is 13.1. The number of aromatic nitrogens is 1. The summed E-state index contributed by atoms with van der Waals surface area (Å²) in [6.07, 6.45) is 0. The first-order valence-electron chi connectivity index (χ1n) is 10.5. The van der Waals surface area contributed by atoms with E-state index in [0.717, 1.165) is 33.0 Å². The van der Waals surface area contributed by atoms with Crippen LogP contribution in [-0.4, -0.2) is 18.0 Å². The van der Waals surface area contributed by atoms with Gasteiger partial charge in [0.15, 0.2) is 5.58 Å². The number of carbonyl (C=O) groups excluding carboxylic acids is 1. The average Bonchev–Trinajstić information content (AvgIpc) is 3.23. The standard InChI is InChI=1S/C27H21ClN2O3/c1-15-10-16(2)25-23(11-15)30-27(33-25)20-14-19(8-9-22(20)28)29-26(31)21-12-17-6-4-5-7-18(17)13-24(21)32-3/h4-14H,1-3H3,(H,29,31). The minimum Gasteiger partial charge on any atom is -0.496 e. The minimum absolute atomic E-state index is 0.282. The van der Waals surface area contributed by atoms with E-state index < -0.39 is 0 Å². The summed E-state index contributed by atoms with van der Waals surface area (Å²) in [7, 11) is 1.55. The van der Waals surface area contributed by atoms with Crippen molar-refractivity contribution in [2.24, 2.45) is 0 Å². The van der Waals surface area contributed by atoms with Crippen molar-refractivity contribution in [3.63, 3.8) is 0 Å². The monoisotopic (exact) mass is 456 g/mol. The molecule has 5 nitrogen and oxygen atoms in total. The van der Waals surface area contributed by atoms with Crippen LogP contribution in [0.1, 0.15) is 21.5 Å². The molecule has 0 aliphatic heterocycles. The first-order chi connectivity index (χ1) is 15.9. The van der Waals surface area contributed by atoms with E-state index in [1.165, 1.54) is 0 Å². The van der Waals surface area contributed by atoms with Gasteiger partial charge in [0.25, 0.3) is 5.91 Å². The lowest BCUT2D eigenvalue weighted by Crippen LogP contribution is -2.13. The number of ether oxygens (including phenoxy) is 1. The molecule has 1 amide bonds. The Labute approximate surface area is 196 Å². The van der Waals surface area contributed by atoms with Crippen molar-refractivity contribution in [1.82, 2.24) is 4.98 Å². The Morgan fingerprint density at radius 3 is 2.52 bits per heavy atom. The van der Waals surface area contributed by atoms with Gasteiger partial charge in [0.05, 0.1) is 23.3 Å². The van der Waals surface area contributed by atoms with Crippen LogP contribution < -0.4 is 10.1 Å². The lowest BCUT2D eigenvalue weighted by molar-refractivity contribution is 0.102. The molecule has 6 heteroatoms. The second-order valence-electron chi connectivity index (χ2n) is 8.00. The van der Waals surface area contributed by atoms with Gasteiger partial charge >= 0.3 is 0 Å². The normalized spacial score (nSPS) is 11.2. The summed E-state index contributed by atoms with van der Waals surface area (Å²) in [4.78, 5) is 17.8. The largest absolute Gasteiger partial charge is 0.496 e. The van der Waals surface area contributed by atoms with Crippen molar-refractivity contribution in [2.75, 3.05) is 12.4 Å². The molecule has 0 atom stereocenters. The fourth-order valence-electron chi connectivity index (χ4n) is 4.02. The lowest BCUT2D eigenvalue weighted by atomic mass is 10.1. The number of amides is 1. The summed E-state index contributed by atoms with van der Waals surface area (Å²) in [5, 5.41) is 5.38. The van der Waals surface area contributed by atoms with E-state index >= 15 is 0 Å². The van der Waals surface area contributed by atoms with Gasteiger partial charge in [0, 0.05) is 5.69 Å². The molecule has 0 saturated carbocycles. The molecule has 0 saturated heterocycles. The number of aryl methyl sites for hydroxylation is 2. The molecule has 0 radical (unpaired) electrons. The highest BCUT2D eigenvalue weighted by Crippen LogP contribution is 2.34. The quantitative estimate of drug-likeness (QED) is 0.311. The number of methoxy groups -OCH3 is 1. The molecular weight excluding hydrogens is 436 g/mol. The second-order valence-corrected chi connectivity index (χ2v) is 8.40. The molecule has 1 heterocycles. The van der Waals surface area contributed by atoms with Crippen LogP contribution in [0.5, 0.6) is 5.75 Å². The van der Waals surface area contributed by atoms with Gasteiger partial charge in [-0.2, -0.15) is 0 Å². The van der Waals surface area contributed by atoms with Gasteiger partial charge in [-0.1, -0.05) is 41.9 Å². The zero-order valence-corrected chi connectivity index (χ0v) is 19.2. The fraction of sp³-hybridized carbons (Fsp3) is 0.111. The highest BCUT2D eigenvalue weighted by Gasteiger charge is 2.17. The zero-order valence-electron chi connectivity index (χ0n) is 18.4. The van der Waals surface area contributed by atoms with E-state index in [1.807, 2.05) is 62.4 Å². The van der Waals surface area contributed by atoms with E-state index in [1.54, 1.807) is 25.3 Å². The molecule has 0 fully saturated rings. The van der Waals surface area contributed by atoms with Crippen LogP contribution in [0.2, 0.25) is 5.02 Å². The van der Waals surface area contributed by atoms with Crippen LogP contribution >= 0.6 is 11.6 Å². The number of anilines is 1. The van der Waals surface area contributed by atoms with E-state index in [0.29, 0.717) is 33.5 Å². The summed E-state index contributed by atoms with van der Waals surface area (Å²) >= 11 is 6.46. The Morgan fingerprint density at radius 1 is 1.00 bits per heavy atom. The molecule has 1 aromatic heterocycles. The van der Waals surface area contributed by atoms with Crippen molar-refractivity contribution in [3.05, 3.63) is 88.4 Å². The van der Waals surface area contributed by atoms with Crippen molar-refractivity contribution in [1.29, 1.82) is 0 Å². The third kappa shape index (κ3) is 3.92. The maximum Gasteiger partial charge on any atom is 0.259 e. The van der Waals surface area contributed by atoms with E-state index in [4.69, 9.17) is 20.8 Å². The van der Waals surface area contributed by atoms with Crippen molar-refractivity contribution in [2.45, 2.75) is 13.8 Å². The molecule has 0 aliphatic carbocycles. The molecule has 5 rings (SSSR count). The number of hydrogen-bond donors (Lipinski definition) is 1. The predicted octanol–water partition coefficient (Wildman–Crippen LogP) is 7.18. The minimum atomic E-state index is -0.282. The number of rotatable bonds is 4. The number of halogens is 1. The zero-order chi connectivity index (χ0) is 23.1. The Balaban J connectivity index is 1.51. The number of benzene rings is 4. The van der Waals surface area contributed by atoms with Gasteiger partial charge in [-0.15, -0.1) is 0 Å². The molecule has 33 heavy (non-hydrogen) atoms. The molecular formula is C27H21ClN2O3.